The zero-order chi connectivity index (χ0) is 11.0. The summed E-state index contributed by atoms with van der Waals surface area (Å²) in [5, 5.41) is 1.41. The van der Waals surface area contributed by atoms with Crippen molar-refractivity contribution in [3.8, 4) is 10.6 Å². The Morgan fingerprint density at radius 2 is 2.06 bits per heavy atom. The molecule has 3 nitrogen and oxygen atoms in total. The van der Waals surface area contributed by atoms with Crippen molar-refractivity contribution in [1.29, 1.82) is 0 Å². The molecule has 0 aromatic carbocycles. The van der Waals surface area contributed by atoms with E-state index in [2.05, 4.69) is 15.0 Å². The Balaban J connectivity index is 2.19. The molecule has 0 unspecified atom stereocenters. The zero-order valence-electron chi connectivity index (χ0n) is 8.09. The summed E-state index contributed by atoms with van der Waals surface area (Å²) in [7, 11) is 0. The summed E-state index contributed by atoms with van der Waals surface area (Å²) in [6.07, 6.45) is 3.53. The molecule has 0 saturated heterocycles. The van der Waals surface area contributed by atoms with Gasteiger partial charge in [-0.25, -0.2) is 9.97 Å². The second-order valence-corrected chi connectivity index (χ2v) is 4.58. The number of rotatable bonds is 1. The highest BCUT2D eigenvalue weighted by Gasteiger charge is 2.07. The smallest absolute Gasteiger partial charge is 0.145 e. The maximum absolute atomic E-state index is 5.83. The summed E-state index contributed by atoms with van der Waals surface area (Å²) >= 11 is 7.35. The maximum Gasteiger partial charge on any atom is 0.145 e. The first kappa shape index (κ1) is 9.69. The van der Waals surface area contributed by atoms with Crippen LogP contribution in [0.5, 0.6) is 0 Å². The van der Waals surface area contributed by atoms with E-state index in [1.165, 1.54) is 11.3 Å². The molecule has 0 radical (unpaired) electrons. The molecule has 0 bridgehead atoms. The van der Waals surface area contributed by atoms with Gasteiger partial charge < -0.3 is 0 Å². The molecule has 0 amide bonds. The van der Waals surface area contributed by atoms with E-state index in [1.54, 1.807) is 18.5 Å². The van der Waals surface area contributed by atoms with E-state index in [-0.39, 0.29) is 0 Å². The Kier molecular flexibility index (Phi) is 2.31. The van der Waals surface area contributed by atoms with Gasteiger partial charge >= 0.3 is 0 Å². The van der Waals surface area contributed by atoms with Crippen molar-refractivity contribution in [2.45, 2.75) is 0 Å². The highest BCUT2D eigenvalue weighted by molar-refractivity contribution is 7.21. The molecule has 16 heavy (non-hydrogen) atoms. The highest BCUT2D eigenvalue weighted by atomic mass is 35.5. The molecule has 0 aliphatic heterocycles. The van der Waals surface area contributed by atoms with Crippen LogP contribution in [0.25, 0.3) is 20.9 Å². The number of fused-ring (bicyclic) bond motifs is 1. The Hall–Kier alpha value is -1.52. The molecule has 5 heteroatoms. The number of thiazole rings is 1. The Morgan fingerprint density at radius 1 is 1.12 bits per heavy atom. The van der Waals surface area contributed by atoms with Crippen molar-refractivity contribution in [2.24, 2.45) is 0 Å². The zero-order valence-corrected chi connectivity index (χ0v) is 9.66. The third-order valence-corrected chi connectivity index (χ3v) is 3.35. The third kappa shape index (κ3) is 1.66. The van der Waals surface area contributed by atoms with Crippen LogP contribution in [-0.4, -0.2) is 15.0 Å². The van der Waals surface area contributed by atoms with Crippen LogP contribution in [0.2, 0.25) is 5.15 Å². The minimum atomic E-state index is 0.494. The van der Waals surface area contributed by atoms with Crippen molar-refractivity contribution in [2.75, 3.05) is 0 Å². The molecular weight excluding hydrogens is 242 g/mol. The van der Waals surface area contributed by atoms with Crippen LogP contribution in [0.3, 0.4) is 0 Å². The lowest BCUT2D eigenvalue weighted by atomic mass is 10.3. The molecule has 0 atom stereocenters. The highest BCUT2D eigenvalue weighted by Crippen LogP contribution is 2.28. The number of nitrogens with zero attached hydrogens (tertiary/aromatic N) is 3. The van der Waals surface area contributed by atoms with Crippen LogP contribution >= 0.6 is 22.9 Å². The number of pyridine rings is 2. The van der Waals surface area contributed by atoms with Gasteiger partial charge in [-0.2, -0.15) is 0 Å². The van der Waals surface area contributed by atoms with Crippen LogP contribution < -0.4 is 0 Å². The molecular formula is C11H6ClN3S. The van der Waals surface area contributed by atoms with E-state index < -0.39 is 0 Å². The minimum Gasteiger partial charge on any atom is -0.264 e. The molecule has 0 N–H and O–H groups in total. The standard InChI is InChI=1S/C11H6ClN3S/c12-9-4-3-8-11(15-9)16-10(14-8)7-2-1-5-13-6-7/h1-6H. The van der Waals surface area contributed by atoms with Crippen LogP contribution in [0.1, 0.15) is 0 Å². The van der Waals surface area contributed by atoms with Crippen molar-refractivity contribution in [1.82, 2.24) is 15.0 Å². The lowest BCUT2D eigenvalue weighted by Gasteiger charge is -1.91. The molecule has 3 aromatic heterocycles. The van der Waals surface area contributed by atoms with Gasteiger partial charge in [0.1, 0.15) is 20.5 Å². The third-order valence-electron chi connectivity index (χ3n) is 2.13. The van der Waals surface area contributed by atoms with E-state index in [1.807, 2.05) is 18.2 Å². The first-order valence-electron chi connectivity index (χ1n) is 4.66. The molecule has 0 aliphatic carbocycles. The fraction of sp³-hybridized carbons (Fsp3) is 0. The monoisotopic (exact) mass is 247 g/mol. The topological polar surface area (TPSA) is 38.7 Å². The van der Waals surface area contributed by atoms with Crippen molar-refractivity contribution >= 4 is 33.3 Å². The molecule has 0 spiro atoms. The number of halogens is 1. The van der Waals surface area contributed by atoms with Crippen LogP contribution in [-0.2, 0) is 0 Å². The fourth-order valence-electron chi connectivity index (χ4n) is 1.41. The van der Waals surface area contributed by atoms with Gasteiger partial charge in [0.25, 0.3) is 0 Å². The van der Waals surface area contributed by atoms with Crippen LogP contribution in [0, 0.1) is 0 Å². The lowest BCUT2D eigenvalue weighted by molar-refractivity contribution is 1.32. The Bertz CT molecular complexity index is 636. The fourth-order valence-corrected chi connectivity index (χ4v) is 2.53. The summed E-state index contributed by atoms with van der Waals surface area (Å²) in [5.41, 5.74) is 1.87. The number of hydrogen-bond donors (Lipinski definition) is 0. The lowest BCUT2D eigenvalue weighted by Crippen LogP contribution is -1.76. The van der Waals surface area contributed by atoms with Crippen molar-refractivity contribution in [3.63, 3.8) is 0 Å². The largest absolute Gasteiger partial charge is 0.264 e. The van der Waals surface area contributed by atoms with Gasteiger partial charge in [0.2, 0.25) is 0 Å². The average Bonchev–Trinajstić information content (AvgIpc) is 2.73. The van der Waals surface area contributed by atoms with E-state index >= 15 is 0 Å². The average molecular weight is 248 g/mol. The first-order valence-corrected chi connectivity index (χ1v) is 5.86. The molecule has 0 fully saturated rings. The molecule has 0 saturated carbocycles. The summed E-state index contributed by atoms with van der Waals surface area (Å²) in [6.45, 7) is 0. The first-order chi connectivity index (χ1) is 7.83. The second-order valence-electron chi connectivity index (χ2n) is 3.22. The van der Waals surface area contributed by atoms with E-state index in [9.17, 15) is 0 Å². The SMILES string of the molecule is Clc1ccc2nc(-c3cccnc3)sc2n1. The van der Waals surface area contributed by atoms with Crippen LogP contribution in [0.4, 0.5) is 0 Å². The predicted octanol–water partition coefficient (Wildman–Crippen LogP) is 3.41. The Morgan fingerprint density at radius 3 is 2.88 bits per heavy atom. The van der Waals surface area contributed by atoms with Crippen molar-refractivity contribution < 1.29 is 0 Å². The predicted molar refractivity (Wildman–Crippen MR) is 65.7 cm³/mol. The van der Waals surface area contributed by atoms with E-state index in [4.69, 9.17) is 11.6 Å². The van der Waals surface area contributed by atoms with Gasteiger partial charge in [-0.15, -0.1) is 0 Å². The van der Waals surface area contributed by atoms with Gasteiger partial charge in [0, 0.05) is 18.0 Å². The summed E-state index contributed by atoms with van der Waals surface area (Å²) in [5.74, 6) is 0. The van der Waals surface area contributed by atoms with Gasteiger partial charge in [-0.05, 0) is 24.3 Å². The quantitative estimate of drug-likeness (QED) is 0.619. The molecule has 78 valence electrons. The van der Waals surface area contributed by atoms with Crippen LogP contribution in [0.15, 0.2) is 36.7 Å². The molecule has 0 aliphatic rings. The molecule has 3 aromatic rings. The second kappa shape index (κ2) is 3.81. The maximum atomic E-state index is 5.83. The van der Waals surface area contributed by atoms with E-state index in [0.29, 0.717) is 5.15 Å². The van der Waals surface area contributed by atoms with Crippen molar-refractivity contribution in [3.05, 3.63) is 41.8 Å². The molecule has 3 heterocycles. The van der Waals surface area contributed by atoms with Gasteiger partial charge in [-0.1, -0.05) is 22.9 Å². The number of aromatic nitrogens is 3. The van der Waals surface area contributed by atoms with Gasteiger partial charge in [-0.3, -0.25) is 4.98 Å². The normalized spacial score (nSPS) is 10.8. The summed E-state index contributed by atoms with van der Waals surface area (Å²) in [4.78, 5) is 13.6. The van der Waals surface area contributed by atoms with E-state index in [0.717, 1.165) is 20.9 Å². The Labute approximate surface area is 101 Å². The minimum absolute atomic E-state index is 0.494. The number of hydrogen-bond acceptors (Lipinski definition) is 4. The molecule has 3 rings (SSSR count). The van der Waals surface area contributed by atoms with Gasteiger partial charge in [0.05, 0.1) is 0 Å². The summed E-state index contributed by atoms with van der Waals surface area (Å²) < 4.78 is 0. The summed E-state index contributed by atoms with van der Waals surface area (Å²) in [6, 6.07) is 7.49. The van der Waals surface area contributed by atoms with Gasteiger partial charge in [0.15, 0.2) is 0 Å².